The highest BCUT2D eigenvalue weighted by Gasteiger charge is 2.36. The van der Waals surface area contributed by atoms with Crippen molar-refractivity contribution < 1.29 is 19.1 Å². The molecular weight excluding hydrogens is 392 g/mol. The van der Waals surface area contributed by atoms with Crippen molar-refractivity contribution in [2.45, 2.75) is 31.1 Å². The summed E-state index contributed by atoms with van der Waals surface area (Å²) in [5.74, 6) is -1.77. The van der Waals surface area contributed by atoms with Gasteiger partial charge in [-0.3, -0.25) is 19.3 Å². The van der Waals surface area contributed by atoms with Crippen molar-refractivity contribution in [3.8, 4) is 0 Å². The number of nitrogens with one attached hydrogen (secondary N) is 3. The fourth-order valence-corrected chi connectivity index (χ4v) is 4.93. The van der Waals surface area contributed by atoms with Crippen molar-refractivity contribution in [2.75, 3.05) is 52.5 Å². The highest BCUT2D eigenvalue weighted by molar-refractivity contribution is 7.10. The van der Waals surface area contributed by atoms with E-state index in [1.807, 2.05) is 6.07 Å². The molecule has 29 heavy (non-hydrogen) atoms. The maximum absolute atomic E-state index is 12.2. The van der Waals surface area contributed by atoms with Gasteiger partial charge in [0.15, 0.2) is 0 Å². The number of carbonyl (C=O) groups is 3. The third-order valence-corrected chi connectivity index (χ3v) is 6.78. The Hall–Kier alpha value is -1.97. The monoisotopic (exact) mass is 422 g/mol. The summed E-state index contributed by atoms with van der Waals surface area (Å²) in [4.78, 5) is 39.4. The van der Waals surface area contributed by atoms with E-state index in [0.29, 0.717) is 32.8 Å². The van der Waals surface area contributed by atoms with Crippen LogP contribution in [0.5, 0.6) is 0 Å². The van der Waals surface area contributed by atoms with Crippen molar-refractivity contribution in [3.63, 3.8) is 0 Å². The Kier molecular flexibility index (Phi) is 8.02. The predicted octanol–water partition coefficient (Wildman–Crippen LogP) is 0.241. The molecule has 1 saturated carbocycles. The minimum Gasteiger partial charge on any atom is -0.379 e. The number of amides is 3. The lowest BCUT2D eigenvalue weighted by Crippen LogP contribution is -2.48. The molecule has 0 aromatic carbocycles. The second-order valence-electron chi connectivity index (χ2n) is 7.63. The fraction of sp³-hybridized carbons (Fsp3) is 0.650. The summed E-state index contributed by atoms with van der Waals surface area (Å²) < 4.78 is 5.27. The van der Waals surface area contributed by atoms with Crippen molar-refractivity contribution in [1.82, 2.24) is 20.9 Å². The first-order valence-corrected chi connectivity index (χ1v) is 11.1. The lowest BCUT2D eigenvalue weighted by atomic mass is 9.84. The maximum Gasteiger partial charge on any atom is 0.309 e. The van der Waals surface area contributed by atoms with Crippen molar-refractivity contribution in [1.29, 1.82) is 0 Å². The van der Waals surface area contributed by atoms with Crippen molar-refractivity contribution in [3.05, 3.63) is 22.4 Å². The van der Waals surface area contributed by atoms with E-state index in [2.05, 4.69) is 32.3 Å². The summed E-state index contributed by atoms with van der Waals surface area (Å²) in [6.07, 6.45) is 4.45. The second kappa shape index (κ2) is 10.7. The van der Waals surface area contributed by atoms with Crippen LogP contribution in [0.15, 0.2) is 17.5 Å². The van der Waals surface area contributed by atoms with Gasteiger partial charge < -0.3 is 20.7 Å². The fourth-order valence-electron chi connectivity index (χ4n) is 3.95. The molecule has 0 unspecified atom stereocenters. The number of rotatable bonds is 8. The average molecular weight is 423 g/mol. The smallest absolute Gasteiger partial charge is 0.309 e. The number of thiophene rings is 1. The van der Waals surface area contributed by atoms with Gasteiger partial charge in [0.05, 0.1) is 19.8 Å². The Labute approximate surface area is 175 Å². The zero-order chi connectivity index (χ0) is 20.5. The molecule has 0 bridgehead atoms. The minimum atomic E-state index is -0.782. The summed E-state index contributed by atoms with van der Waals surface area (Å²) >= 11 is 1.73. The second-order valence-corrected chi connectivity index (χ2v) is 8.58. The van der Waals surface area contributed by atoms with Gasteiger partial charge >= 0.3 is 11.8 Å². The highest BCUT2D eigenvalue weighted by Crippen LogP contribution is 2.42. The predicted molar refractivity (Wildman–Crippen MR) is 111 cm³/mol. The van der Waals surface area contributed by atoms with Gasteiger partial charge in [-0.1, -0.05) is 18.9 Å². The number of morpholine rings is 1. The van der Waals surface area contributed by atoms with Crippen LogP contribution in [0, 0.1) is 0 Å². The van der Waals surface area contributed by atoms with Crippen LogP contribution >= 0.6 is 11.3 Å². The van der Waals surface area contributed by atoms with E-state index in [0.717, 1.165) is 38.8 Å². The number of hydrogen-bond donors (Lipinski definition) is 3. The van der Waals surface area contributed by atoms with Crippen LogP contribution in [0.2, 0.25) is 0 Å². The van der Waals surface area contributed by atoms with Crippen molar-refractivity contribution >= 4 is 29.1 Å². The molecule has 2 fully saturated rings. The minimum absolute atomic E-state index is 0.00467. The van der Waals surface area contributed by atoms with Gasteiger partial charge in [-0.25, -0.2) is 0 Å². The molecule has 1 aliphatic heterocycles. The number of carbonyl (C=O) groups excluding carboxylic acids is 3. The van der Waals surface area contributed by atoms with E-state index < -0.39 is 11.8 Å². The molecule has 1 aromatic rings. The van der Waals surface area contributed by atoms with E-state index in [1.54, 1.807) is 11.3 Å². The Balaban J connectivity index is 1.34. The summed E-state index contributed by atoms with van der Waals surface area (Å²) in [6.45, 7) is 4.47. The van der Waals surface area contributed by atoms with Crippen LogP contribution in [0.3, 0.4) is 0 Å². The van der Waals surface area contributed by atoms with Crippen LogP contribution in [-0.2, 0) is 24.5 Å². The number of ether oxygens (including phenoxy) is 1. The summed E-state index contributed by atoms with van der Waals surface area (Å²) in [5.41, 5.74) is 0.00467. The van der Waals surface area contributed by atoms with E-state index in [1.165, 1.54) is 4.88 Å². The first-order valence-electron chi connectivity index (χ1n) is 10.3. The van der Waals surface area contributed by atoms with E-state index >= 15 is 0 Å². The quantitative estimate of drug-likeness (QED) is 0.521. The molecule has 8 nitrogen and oxygen atoms in total. The lowest BCUT2D eigenvalue weighted by molar-refractivity contribution is -0.139. The Morgan fingerprint density at radius 2 is 1.79 bits per heavy atom. The van der Waals surface area contributed by atoms with Gasteiger partial charge in [0.1, 0.15) is 0 Å². The topological polar surface area (TPSA) is 99.8 Å². The molecule has 2 heterocycles. The summed E-state index contributed by atoms with van der Waals surface area (Å²) in [5, 5.41) is 9.99. The molecule has 3 amide bonds. The van der Waals surface area contributed by atoms with Crippen LogP contribution in [0.1, 0.15) is 30.6 Å². The van der Waals surface area contributed by atoms with Gasteiger partial charge in [0.25, 0.3) is 0 Å². The standard InChI is InChI=1S/C20H30N4O4S/c25-17(23-15-20(5-1-2-6-20)16-4-3-13-29-16)14-22-19(27)18(26)21-7-8-24-9-11-28-12-10-24/h3-4,13H,1-2,5-12,14-15H2,(H,21,26)(H,22,27)(H,23,25). The molecule has 1 aromatic heterocycles. The van der Waals surface area contributed by atoms with Gasteiger partial charge in [0, 0.05) is 43.0 Å². The van der Waals surface area contributed by atoms with Gasteiger partial charge in [0.2, 0.25) is 5.91 Å². The molecule has 1 aliphatic carbocycles. The SMILES string of the molecule is O=C(CNC(=O)C(=O)NCCN1CCOCC1)NCC1(c2cccs2)CCCC1. The van der Waals surface area contributed by atoms with E-state index in [4.69, 9.17) is 4.74 Å². The average Bonchev–Trinajstić information content (AvgIpc) is 3.44. The van der Waals surface area contributed by atoms with E-state index in [-0.39, 0.29) is 17.9 Å². The normalized spacial score (nSPS) is 18.9. The first-order chi connectivity index (χ1) is 14.1. The largest absolute Gasteiger partial charge is 0.379 e. The van der Waals surface area contributed by atoms with Crippen molar-refractivity contribution in [2.24, 2.45) is 0 Å². The van der Waals surface area contributed by atoms with Crippen LogP contribution < -0.4 is 16.0 Å². The van der Waals surface area contributed by atoms with Gasteiger partial charge in [-0.15, -0.1) is 11.3 Å². The summed E-state index contributed by atoms with van der Waals surface area (Å²) in [6, 6.07) is 4.17. The Morgan fingerprint density at radius 3 is 2.48 bits per heavy atom. The highest BCUT2D eigenvalue weighted by atomic mass is 32.1. The molecule has 2 aliphatic rings. The van der Waals surface area contributed by atoms with Gasteiger partial charge in [-0.2, -0.15) is 0 Å². The maximum atomic E-state index is 12.2. The van der Waals surface area contributed by atoms with Gasteiger partial charge in [-0.05, 0) is 24.3 Å². The third kappa shape index (κ3) is 6.25. The van der Waals surface area contributed by atoms with E-state index in [9.17, 15) is 14.4 Å². The Morgan fingerprint density at radius 1 is 1.07 bits per heavy atom. The molecule has 0 atom stereocenters. The molecular formula is C20H30N4O4S. The molecule has 3 N–H and O–H groups in total. The molecule has 160 valence electrons. The van der Waals surface area contributed by atoms with Crippen LogP contribution in [0.25, 0.3) is 0 Å². The number of nitrogens with zero attached hydrogens (tertiary/aromatic N) is 1. The summed E-state index contributed by atoms with van der Waals surface area (Å²) in [7, 11) is 0. The Bertz CT molecular complexity index is 683. The molecule has 9 heteroatoms. The lowest BCUT2D eigenvalue weighted by Gasteiger charge is -2.28. The van der Waals surface area contributed by atoms with Crippen LogP contribution in [-0.4, -0.2) is 75.1 Å². The molecule has 3 rings (SSSR count). The molecule has 1 saturated heterocycles. The molecule has 0 spiro atoms. The zero-order valence-corrected chi connectivity index (χ0v) is 17.5. The first kappa shape index (κ1) is 21.7. The molecule has 0 radical (unpaired) electrons. The zero-order valence-electron chi connectivity index (χ0n) is 16.7. The third-order valence-electron chi connectivity index (χ3n) is 5.66. The van der Waals surface area contributed by atoms with Crippen LogP contribution in [0.4, 0.5) is 0 Å². The number of hydrogen-bond acceptors (Lipinski definition) is 6.